The van der Waals surface area contributed by atoms with Crippen molar-refractivity contribution in [3.8, 4) is 0 Å². The Morgan fingerprint density at radius 2 is 1.72 bits per heavy atom. The van der Waals surface area contributed by atoms with Gasteiger partial charge in [-0.1, -0.05) is 51.1 Å². The van der Waals surface area contributed by atoms with Gasteiger partial charge >= 0.3 is 0 Å². The fourth-order valence-electron chi connectivity index (χ4n) is 3.59. The summed E-state index contributed by atoms with van der Waals surface area (Å²) < 4.78 is 0. The Balaban J connectivity index is 2.42. The summed E-state index contributed by atoms with van der Waals surface area (Å²) in [6.45, 7) is 8.33. The SMILES string of the molecule is CC(c1ccccc1)N(Cc1cc(NC(=O)CCCCl)ccc1N(C)C)C(=O)C(C)(C)C. The molecule has 2 aromatic carbocycles. The molecule has 2 rings (SSSR count). The molecule has 0 spiro atoms. The van der Waals surface area contributed by atoms with Crippen LogP contribution in [0.1, 0.15) is 57.7 Å². The molecule has 2 aromatic rings. The van der Waals surface area contributed by atoms with Gasteiger partial charge in [0.05, 0.1) is 6.04 Å². The van der Waals surface area contributed by atoms with E-state index in [9.17, 15) is 9.59 Å². The zero-order valence-corrected chi connectivity index (χ0v) is 20.9. The molecule has 1 unspecified atom stereocenters. The van der Waals surface area contributed by atoms with Gasteiger partial charge in [-0.25, -0.2) is 0 Å². The molecule has 0 radical (unpaired) electrons. The zero-order chi connectivity index (χ0) is 23.9. The van der Waals surface area contributed by atoms with E-state index in [4.69, 9.17) is 11.6 Å². The number of halogens is 1. The number of alkyl halides is 1. The smallest absolute Gasteiger partial charge is 0.228 e. The first kappa shape index (κ1) is 25.7. The molecule has 5 nitrogen and oxygen atoms in total. The molecular weight excluding hydrogens is 422 g/mol. The minimum Gasteiger partial charge on any atom is -0.377 e. The number of carbonyl (C=O) groups excluding carboxylic acids is 2. The predicted molar refractivity (Wildman–Crippen MR) is 134 cm³/mol. The first-order chi connectivity index (χ1) is 15.0. The minimum atomic E-state index is -0.519. The van der Waals surface area contributed by atoms with Crippen LogP contribution in [-0.4, -0.2) is 36.7 Å². The Morgan fingerprint density at radius 3 is 2.28 bits per heavy atom. The van der Waals surface area contributed by atoms with E-state index < -0.39 is 5.41 Å². The Hall–Kier alpha value is -2.53. The fourth-order valence-corrected chi connectivity index (χ4v) is 3.72. The van der Waals surface area contributed by atoms with Crippen molar-refractivity contribution >= 4 is 34.8 Å². The summed E-state index contributed by atoms with van der Waals surface area (Å²) in [4.78, 5) is 29.6. The summed E-state index contributed by atoms with van der Waals surface area (Å²) in [5.74, 6) is 0.476. The number of benzene rings is 2. The summed E-state index contributed by atoms with van der Waals surface area (Å²) in [6, 6.07) is 15.8. The van der Waals surface area contributed by atoms with Crippen molar-refractivity contribution in [3.05, 3.63) is 59.7 Å². The van der Waals surface area contributed by atoms with E-state index in [0.717, 1.165) is 22.5 Å². The van der Waals surface area contributed by atoms with Gasteiger partial charge in [0.2, 0.25) is 11.8 Å². The molecule has 0 aliphatic rings. The molecule has 0 aliphatic heterocycles. The van der Waals surface area contributed by atoms with Crippen LogP contribution in [0.4, 0.5) is 11.4 Å². The minimum absolute atomic E-state index is 0.0607. The summed E-state index contributed by atoms with van der Waals surface area (Å²) in [6.07, 6.45) is 1.02. The van der Waals surface area contributed by atoms with Gasteiger partial charge in [-0.2, -0.15) is 0 Å². The Bertz CT molecular complexity index is 907. The van der Waals surface area contributed by atoms with E-state index >= 15 is 0 Å². The normalized spacial score (nSPS) is 12.2. The van der Waals surface area contributed by atoms with E-state index in [-0.39, 0.29) is 17.9 Å². The summed E-state index contributed by atoms with van der Waals surface area (Å²) in [5.41, 5.74) is 3.28. The molecule has 0 fully saturated rings. The van der Waals surface area contributed by atoms with Crippen LogP contribution in [-0.2, 0) is 16.1 Å². The Labute approximate surface area is 197 Å². The van der Waals surface area contributed by atoms with Crippen LogP contribution in [0.3, 0.4) is 0 Å². The maximum absolute atomic E-state index is 13.5. The van der Waals surface area contributed by atoms with Gasteiger partial charge in [0.25, 0.3) is 0 Å². The molecule has 6 heteroatoms. The van der Waals surface area contributed by atoms with Crippen LogP contribution >= 0.6 is 11.6 Å². The first-order valence-corrected chi connectivity index (χ1v) is 11.6. The van der Waals surface area contributed by atoms with E-state index in [1.165, 1.54) is 0 Å². The van der Waals surface area contributed by atoms with Crippen molar-refractivity contribution in [2.45, 2.75) is 53.1 Å². The van der Waals surface area contributed by atoms with E-state index in [1.54, 1.807) is 0 Å². The van der Waals surface area contributed by atoms with E-state index in [2.05, 4.69) is 12.2 Å². The third kappa shape index (κ3) is 6.99. The zero-order valence-electron chi connectivity index (χ0n) is 20.1. The molecule has 0 bridgehead atoms. The summed E-state index contributed by atoms with van der Waals surface area (Å²) >= 11 is 5.71. The maximum Gasteiger partial charge on any atom is 0.228 e. The second-order valence-corrected chi connectivity index (χ2v) is 9.73. The number of hydrogen-bond acceptors (Lipinski definition) is 3. The monoisotopic (exact) mass is 457 g/mol. The molecule has 1 atom stereocenters. The van der Waals surface area contributed by atoms with Gasteiger partial charge in [-0.3, -0.25) is 9.59 Å². The highest BCUT2D eigenvalue weighted by Gasteiger charge is 2.31. The number of amides is 2. The number of nitrogens with one attached hydrogen (secondary N) is 1. The summed E-state index contributed by atoms with van der Waals surface area (Å²) in [5, 5.41) is 2.96. The second-order valence-electron chi connectivity index (χ2n) is 9.35. The average molecular weight is 458 g/mol. The lowest BCUT2D eigenvalue weighted by molar-refractivity contribution is -0.142. The number of anilines is 2. The van der Waals surface area contributed by atoms with Crippen molar-refractivity contribution in [1.29, 1.82) is 0 Å². The molecule has 0 saturated carbocycles. The lowest BCUT2D eigenvalue weighted by Gasteiger charge is -2.35. The van der Waals surface area contributed by atoms with Gasteiger partial charge in [-0.15, -0.1) is 11.6 Å². The Kier molecular flexibility index (Phi) is 9.14. The van der Waals surface area contributed by atoms with Crippen LogP contribution in [0.15, 0.2) is 48.5 Å². The predicted octanol–water partition coefficient (Wildman–Crippen LogP) is 5.85. The molecule has 0 aromatic heterocycles. The molecule has 0 saturated heterocycles. The van der Waals surface area contributed by atoms with Gasteiger partial charge in [-0.05, 0) is 42.7 Å². The molecule has 2 amide bonds. The highest BCUT2D eigenvalue weighted by Crippen LogP contribution is 2.32. The van der Waals surface area contributed by atoms with Crippen LogP contribution in [0.5, 0.6) is 0 Å². The standard InChI is InChI=1S/C26H36ClN3O2/c1-19(20-11-8-7-9-12-20)30(25(32)26(2,3)4)18-21-17-22(14-15-23(21)29(5)6)28-24(31)13-10-16-27/h7-9,11-12,14-15,17,19H,10,13,16,18H2,1-6H3,(H,28,31). The van der Waals surface area contributed by atoms with Crippen LogP contribution in [0.2, 0.25) is 0 Å². The molecular formula is C26H36ClN3O2. The molecule has 1 N–H and O–H groups in total. The topological polar surface area (TPSA) is 52.7 Å². The molecule has 174 valence electrons. The van der Waals surface area contributed by atoms with Gasteiger partial charge < -0.3 is 15.1 Å². The molecule has 32 heavy (non-hydrogen) atoms. The number of nitrogens with zero attached hydrogens (tertiary/aromatic N) is 2. The number of carbonyl (C=O) groups is 2. The second kappa shape index (κ2) is 11.4. The highest BCUT2D eigenvalue weighted by molar-refractivity contribution is 6.18. The van der Waals surface area contributed by atoms with Crippen molar-refractivity contribution in [1.82, 2.24) is 4.90 Å². The molecule has 0 heterocycles. The van der Waals surface area contributed by atoms with Gasteiger partial charge in [0.15, 0.2) is 0 Å². The largest absolute Gasteiger partial charge is 0.377 e. The number of hydrogen-bond donors (Lipinski definition) is 1. The Morgan fingerprint density at radius 1 is 1.06 bits per heavy atom. The average Bonchev–Trinajstić information content (AvgIpc) is 2.75. The van der Waals surface area contributed by atoms with E-state index in [1.807, 2.05) is 93.2 Å². The summed E-state index contributed by atoms with van der Waals surface area (Å²) in [7, 11) is 3.96. The fraction of sp³-hybridized carbons (Fsp3) is 0.462. The first-order valence-electron chi connectivity index (χ1n) is 11.1. The van der Waals surface area contributed by atoms with Gasteiger partial charge in [0.1, 0.15) is 0 Å². The van der Waals surface area contributed by atoms with Crippen molar-refractivity contribution < 1.29 is 9.59 Å². The lowest BCUT2D eigenvalue weighted by Crippen LogP contribution is -2.40. The van der Waals surface area contributed by atoms with Gasteiger partial charge in [0, 0.05) is 49.7 Å². The lowest BCUT2D eigenvalue weighted by atomic mass is 9.92. The maximum atomic E-state index is 13.5. The van der Waals surface area contributed by atoms with Crippen molar-refractivity contribution in [2.24, 2.45) is 5.41 Å². The van der Waals surface area contributed by atoms with Crippen LogP contribution in [0.25, 0.3) is 0 Å². The van der Waals surface area contributed by atoms with Crippen LogP contribution in [0, 0.1) is 5.41 Å². The van der Waals surface area contributed by atoms with Crippen molar-refractivity contribution in [3.63, 3.8) is 0 Å². The van der Waals surface area contributed by atoms with Crippen LogP contribution < -0.4 is 10.2 Å². The van der Waals surface area contributed by atoms with Crippen molar-refractivity contribution in [2.75, 3.05) is 30.2 Å². The third-order valence-electron chi connectivity index (χ3n) is 5.38. The molecule has 0 aliphatic carbocycles. The number of rotatable bonds is 9. The van der Waals surface area contributed by atoms with E-state index in [0.29, 0.717) is 25.3 Å². The third-order valence-corrected chi connectivity index (χ3v) is 5.64. The quantitative estimate of drug-likeness (QED) is 0.481. The highest BCUT2D eigenvalue weighted by atomic mass is 35.5.